The quantitative estimate of drug-likeness (QED) is 0.819. The van der Waals surface area contributed by atoms with Crippen LogP contribution in [0.15, 0.2) is 42.7 Å². The Balaban J connectivity index is 1.61. The molecule has 5 heteroatoms. The van der Waals surface area contributed by atoms with Crippen LogP contribution in [-0.4, -0.2) is 28.3 Å². The van der Waals surface area contributed by atoms with Gasteiger partial charge in [-0.3, -0.25) is 9.48 Å². The smallest absolute Gasteiger partial charge is 0.241 e. The maximum Gasteiger partial charge on any atom is 0.241 e. The maximum absolute atomic E-state index is 12.4. The monoisotopic (exact) mass is 298 g/mol. The Labute approximate surface area is 130 Å². The van der Waals surface area contributed by atoms with Crippen molar-refractivity contribution >= 4 is 5.91 Å². The zero-order valence-corrected chi connectivity index (χ0v) is 12.8. The van der Waals surface area contributed by atoms with Crippen molar-refractivity contribution < 1.29 is 4.79 Å². The van der Waals surface area contributed by atoms with E-state index in [0.717, 1.165) is 30.5 Å². The SMILES string of the molecule is Cc1cnn(CCNC(C(=O)NC2CC2)c2ccccc2)c1. The van der Waals surface area contributed by atoms with Crippen molar-refractivity contribution in [3.05, 3.63) is 53.9 Å². The molecule has 2 N–H and O–H groups in total. The molecule has 0 saturated heterocycles. The number of benzene rings is 1. The highest BCUT2D eigenvalue weighted by molar-refractivity contribution is 5.83. The van der Waals surface area contributed by atoms with Gasteiger partial charge < -0.3 is 10.6 Å². The Morgan fingerprint density at radius 2 is 2.14 bits per heavy atom. The van der Waals surface area contributed by atoms with Crippen molar-refractivity contribution in [3.63, 3.8) is 0 Å². The molecule has 1 aromatic carbocycles. The van der Waals surface area contributed by atoms with Crippen LogP contribution in [0.3, 0.4) is 0 Å². The number of hydrogen-bond acceptors (Lipinski definition) is 3. The molecule has 1 saturated carbocycles. The minimum Gasteiger partial charge on any atom is -0.352 e. The van der Waals surface area contributed by atoms with E-state index in [-0.39, 0.29) is 11.9 Å². The molecule has 0 spiro atoms. The van der Waals surface area contributed by atoms with Crippen LogP contribution >= 0.6 is 0 Å². The van der Waals surface area contributed by atoms with Crippen LogP contribution in [-0.2, 0) is 11.3 Å². The number of carbonyl (C=O) groups excluding carboxylic acids is 1. The summed E-state index contributed by atoms with van der Waals surface area (Å²) >= 11 is 0. The van der Waals surface area contributed by atoms with Crippen LogP contribution in [0, 0.1) is 6.92 Å². The molecule has 1 unspecified atom stereocenters. The van der Waals surface area contributed by atoms with Gasteiger partial charge in [0.05, 0.1) is 12.7 Å². The zero-order valence-electron chi connectivity index (χ0n) is 12.8. The molecule has 22 heavy (non-hydrogen) atoms. The van der Waals surface area contributed by atoms with E-state index < -0.39 is 0 Å². The lowest BCUT2D eigenvalue weighted by atomic mass is 10.1. The average Bonchev–Trinajstić information content (AvgIpc) is 3.24. The second-order valence-electron chi connectivity index (χ2n) is 5.86. The van der Waals surface area contributed by atoms with Gasteiger partial charge in [-0.1, -0.05) is 30.3 Å². The summed E-state index contributed by atoms with van der Waals surface area (Å²) in [4.78, 5) is 12.4. The summed E-state index contributed by atoms with van der Waals surface area (Å²) in [5.41, 5.74) is 2.14. The first-order valence-electron chi connectivity index (χ1n) is 7.80. The number of nitrogens with one attached hydrogen (secondary N) is 2. The molecule has 3 rings (SSSR count). The fraction of sp³-hybridized carbons (Fsp3) is 0.412. The molecular formula is C17H22N4O. The van der Waals surface area contributed by atoms with Gasteiger partial charge in [-0.05, 0) is 30.9 Å². The Kier molecular flexibility index (Phi) is 4.53. The predicted molar refractivity (Wildman–Crippen MR) is 85.3 cm³/mol. The van der Waals surface area contributed by atoms with E-state index in [1.807, 2.05) is 54.3 Å². The predicted octanol–water partition coefficient (Wildman–Crippen LogP) is 1.80. The lowest BCUT2D eigenvalue weighted by molar-refractivity contribution is -0.123. The van der Waals surface area contributed by atoms with Crippen molar-refractivity contribution in [2.45, 2.75) is 38.4 Å². The van der Waals surface area contributed by atoms with Crippen molar-refractivity contribution in [3.8, 4) is 0 Å². The van der Waals surface area contributed by atoms with E-state index in [1.165, 1.54) is 0 Å². The van der Waals surface area contributed by atoms with Gasteiger partial charge in [-0.15, -0.1) is 0 Å². The molecular weight excluding hydrogens is 276 g/mol. The number of carbonyl (C=O) groups is 1. The first kappa shape index (κ1) is 14.8. The highest BCUT2D eigenvalue weighted by atomic mass is 16.2. The number of hydrogen-bond donors (Lipinski definition) is 2. The van der Waals surface area contributed by atoms with Crippen molar-refractivity contribution in [1.29, 1.82) is 0 Å². The standard InChI is InChI=1S/C17H22N4O/c1-13-11-19-21(12-13)10-9-18-16(14-5-3-2-4-6-14)17(22)20-15-7-8-15/h2-6,11-12,15-16,18H,7-10H2,1H3,(H,20,22). The first-order valence-corrected chi connectivity index (χ1v) is 7.80. The lowest BCUT2D eigenvalue weighted by Gasteiger charge is -2.19. The minimum atomic E-state index is -0.307. The number of rotatable bonds is 7. The summed E-state index contributed by atoms with van der Waals surface area (Å²) in [5.74, 6) is 0.0605. The highest BCUT2D eigenvalue weighted by Gasteiger charge is 2.27. The Bertz CT molecular complexity index is 619. The zero-order chi connectivity index (χ0) is 15.4. The van der Waals surface area contributed by atoms with Crippen LogP contribution in [0.5, 0.6) is 0 Å². The molecule has 1 aliphatic rings. The average molecular weight is 298 g/mol. The summed E-state index contributed by atoms with van der Waals surface area (Å²) in [6.07, 6.45) is 6.04. The van der Waals surface area contributed by atoms with Crippen LogP contribution in [0.2, 0.25) is 0 Å². The van der Waals surface area contributed by atoms with Crippen LogP contribution in [0.4, 0.5) is 0 Å². The molecule has 0 radical (unpaired) electrons. The largest absolute Gasteiger partial charge is 0.352 e. The molecule has 1 atom stereocenters. The van der Waals surface area contributed by atoms with E-state index in [1.54, 1.807) is 0 Å². The lowest BCUT2D eigenvalue weighted by Crippen LogP contribution is -2.39. The minimum absolute atomic E-state index is 0.0605. The van der Waals surface area contributed by atoms with Crippen LogP contribution in [0.1, 0.15) is 30.0 Å². The van der Waals surface area contributed by atoms with Crippen LogP contribution < -0.4 is 10.6 Å². The van der Waals surface area contributed by atoms with Gasteiger partial charge in [0.25, 0.3) is 0 Å². The molecule has 1 fully saturated rings. The fourth-order valence-electron chi connectivity index (χ4n) is 2.43. The molecule has 0 aliphatic heterocycles. The second kappa shape index (κ2) is 6.75. The summed E-state index contributed by atoms with van der Waals surface area (Å²) in [5, 5.41) is 10.7. The van der Waals surface area contributed by atoms with E-state index in [4.69, 9.17) is 0 Å². The third kappa shape index (κ3) is 3.95. The maximum atomic E-state index is 12.4. The number of aromatic nitrogens is 2. The van der Waals surface area contributed by atoms with Gasteiger partial charge >= 0.3 is 0 Å². The molecule has 2 aromatic rings. The van der Waals surface area contributed by atoms with Gasteiger partial charge in [-0.25, -0.2) is 0 Å². The van der Waals surface area contributed by atoms with Gasteiger partial charge in [-0.2, -0.15) is 5.10 Å². The van der Waals surface area contributed by atoms with E-state index in [2.05, 4.69) is 15.7 Å². The number of aryl methyl sites for hydroxylation is 1. The molecule has 1 aliphatic carbocycles. The summed E-state index contributed by atoms with van der Waals surface area (Å²) in [7, 11) is 0. The Morgan fingerprint density at radius 1 is 1.36 bits per heavy atom. The Morgan fingerprint density at radius 3 is 2.77 bits per heavy atom. The van der Waals surface area contributed by atoms with Crippen LogP contribution in [0.25, 0.3) is 0 Å². The summed E-state index contributed by atoms with van der Waals surface area (Å²) < 4.78 is 1.89. The highest BCUT2D eigenvalue weighted by Crippen LogP contribution is 2.21. The topological polar surface area (TPSA) is 59.0 Å². The number of nitrogens with zero attached hydrogens (tertiary/aromatic N) is 2. The third-order valence-electron chi connectivity index (χ3n) is 3.77. The number of amides is 1. The Hall–Kier alpha value is -2.14. The van der Waals surface area contributed by atoms with Gasteiger partial charge in [0, 0.05) is 18.8 Å². The van der Waals surface area contributed by atoms with Gasteiger partial charge in [0.1, 0.15) is 6.04 Å². The van der Waals surface area contributed by atoms with Crippen molar-refractivity contribution in [1.82, 2.24) is 20.4 Å². The van der Waals surface area contributed by atoms with E-state index >= 15 is 0 Å². The normalized spacial score (nSPS) is 15.5. The summed E-state index contributed by atoms with van der Waals surface area (Å²) in [6, 6.07) is 9.93. The molecule has 5 nitrogen and oxygen atoms in total. The summed E-state index contributed by atoms with van der Waals surface area (Å²) in [6.45, 7) is 3.46. The molecule has 1 aromatic heterocycles. The molecule has 1 amide bonds. The fourth-order valence-corrected chi connectivity index (χ4v) is 2.43. The van der Waals surface area contributed by atoms with Gasteiger partial charge in [0.2, 0.25) is 5.91 Å². The van der Waals surface area contributed by atoms with E-state index in [0.29, 0.717) is 12.6 Å². The van der Waals surface area contributed by atoms with Crippen molar-refractivity contribution in [2.75, 3.05) is 6.54 Å². The van der Waals surface area contributed by atoms with Crippen molar-refractivity contribution in [2.24, 2.45) is 0 Å². The molecule has 1 heterocycles. The van der Waals surface area contributed by atoms with E-state index in [9.17, 15) is 4.79 Å². The third-order valence-corrected chi connectivity index (χ3v) is 3.77. The second-order valence-corrected chi connectivity index (χ2v) is 5.86. The first-order chi connectivity index (χ1) is 10.7. The molecule has 116 valence electrons. The molecule has 0 bridgehead atoms. The van der Waals surface area contributed by atoms with Gasteiger partial charge in [0.15, 0.2) is 0 Å².